The third-order valence-corrected chi connectivity index (χ3v) is 4.25. The van der Waals surface area contributed by atoms with Gasteiger partial charge >= 0.3 is 0 Å². The van der Waals surface area contributed by atoms with E-state index in [1.165, 1.54) is 4.70 Å². The van der Waals surface area contributed by atoms with Crippen molar-refractivity contribution in [2.75, 3.05) is 5.32 Å². The molecule has 98 valence electrons. The van der Waals surface area contributed by atoms with Crippen molar-refractivity contribution in [1.29, 1.82) is 0 Å². The molecular formula is C14H13BrN2OS. The van der Waals surface area contributed by atoms with E-state index in [1.54, 1.807) is 17.6 Å². The lowest BCUT2D eigenvalue weighted by Gasteiger charge is -2.10. The fourth-order valence-corrected chi connectivity index (χ4v) is 3.48. The van der Waals surface area contributed by atoms with Crippen molar-refractivity contribution in [1.82, 2.24) is 4.98 Å². The molecule has 2 heterocycles. The second-order valence-corrected chi connectivity index (χ2v) is 6.41. The van der Waals surface area contributed by atoms with E-state index in [4.69, 9.17) is 4.42 Å². The Morgan fingerprint density at radius 2 is 2.32 bits per heavy atom. The van der Waals surface area contributed by atoms with Crippen LogP contribution in [0, 0.1) is 0 Å². The smallest absolute Gasteiger partial charge is 0.184 e. The van der Waals surface area contributed by atoms with E-state index >= 15 is 0 Å². The third kappa shape index (κ3) is 2.98. The minimum absolute atomic E-state index is 0.287. The molecule has 3 aromatic rings. The van der Waals surface area contributed by atoms with Gasteiger partial charge in [-0.2, -0.15) is 0 Å². The summed E-state index contributed by atoms with van der Waals surface area (Å²) >= 11 is 5.15. The molecule has 1 aromatic carbocycles. The maximum absolute atomic E-state index is 5.35. The van der Waals surface area contributed by atoms with Crippen LogP contribution >= 0.6 is 27.3 Å². The van der Waals surface area contributed by atoms with Crippen molar-refractivity contribution in [3.8, 4) is 0 Å². The maximum Gasteiger partial charge on any atom is 0.184 e. The molecule has 0 aliphatic rings. The number of hydrogen-bond acceptors (Lipinski definition) is 4. The van der Waals surface area contributed by atoms with Gasteiger partial charge in [-0.1, -0.05) is 27.3 Å². The molecule has 3 rings (SSSR count). The molecule has 19 heavy (non-hydrogen) atoms. The van der Waals surface area contributed by atoms with Crippen LogP contribution < -0.4 is 5.32 Å². The van der Waals surface area contributed by atoms with Gasteiger partial charge in [0.1, 0.15) is 5.76 Å². The topological polar surface area (TPSA) is 38.1 Å². The van der Waals surface area contributed by atoms with Crippen LogP contribution in [0.2, 0.25) is 0 Å². The van der Waals surface area contributed by atoms with Gasteiger partial charge in [0.15, 0.2) is 5.13 Å². The van der Waals surface area contributed by atoms with Crippen LogP contribution in [0.3, 0.4) is 0 Å². The number of anilines is 1. The maximum atomic E-state index is 5.35. The highest BCUT2D eigenvalue weighted by Gasteiger charge is 2.09. The number of halogens is 1. The second kappa shape index (κ2) is 5.35. The van der Waals surface area contributed by atoms with E-state index in [1.807, 2.05) is 24.3 Å². The van der Waals surface area contributed by atoms with Gasteiger partial charge in [-0.05, 0) is 37.3 Å². The summed E-state index contributed by atoms with van der Waals surface area (Å²) in [6.45, 7) is 2.13. The largest absolute Gasteiger partial charge is 0.469 e. The van der Waals surface area contributed by atoms with Crippen molar-refractivity contribution in [2.45, 2.75) is 19.4 Å². The van der Waals surface area contributed by atoms with Crippen LogP contribution in [0.15, 0.2) is 45.5 Å². The van der Waals surface area contributed by atoms with Crippen molar-refractivity contribution < 1.29 is 4.42 Å². The zero-order valence-corrected chi connectivity index (χ0v) is 12.8. The SMILES string of the molecule is CC(Cc1ccco1)Nc1nc2ccc(Br)cc2s1. The lowest BCUT2D eigenvalue weighted by Crippen LogP contribution is -2.17. The highest BCUT2D eigenvalue weighted by molar-refractivity contribution is 9.10. The van der Waals surface area contributed by atoms with Gasteiger partial charge in [0.05, 0.1) is 16.5 Å². The van der Waals surface area contributed by atoms with Gasteiger partial charge in [-0.15, -0.1) is 0 Å². The van der Waals surface area contributed by atoms with Gasteiger partial charge in [0.25, 0.3) is 0 Å². The average Bonchev–Trinajstić information content (AvgIpc) is 2.97. The summed E-state index contributed by atoms with van der Waals surface area (Å²) in [6.07, 6.45) is 2.56. The Hall–Kier alpha value is -1.33. The second-order valence-electron chi connectivity index (χ2n) is 4.46. The molecule has 5 heteroatoms. The fourth-order valence-electron chi connectivity index (χ4n) is 1.95. The molecule has 3 nitrogen and oxygen atoms in total. The summed E-state index contributed by atoms with van der Waals surface area (Å²) < 4.78 is 7.62. The molecule has 1 unspecified atom stereocenters. The van der Waals surface area contributed by atoms with E-state index in [2.05, 4.69) is 39.2 Å². The van der Waals surface area contributed by atoms with Crippen LogP contribution in [0.4, 0.5) is 5.13 Å². The molecule has 0 radical (unpaired) electrons. The Kier molecular flexibility index (Phi) is 3.57. The number of rotatable bonds is 4. The number of nitrogens with one attached hydrogen (secondary N) is 1. The zero-order valence-electron chi connectivity index (χ0n) is 10.4. The molecule has 1 atom stereocenters. The van der Waals surface area contributed by atoms with Crippen molar-refractivity contribution in [3.63, 3.8) is 0 Å². The summed E-state index contributed by atoms with van der Waals surface area (Å²) in [5, 5.41) is 4.37. The molecular weight excluding hydrogens is 324 g/mol. The van der Waals surface area contributed by atoms with Crippen LogP contribution in [-0.4, -0.2) is 11.0 Å². The first-order chi connectivity index (χ1) is 9.20. The van der Waals surface area contributed by atoms with E-state index in [9.17, 15) is 0 Å². The highest BCUT2D eigenvalue weighted by atomic mass is 79.9. The first kappa shape index (κ1) is 12.7. The predicted molar refractivity (Wildman–Crippen MR) is 82.8 cm³/mol. The fraction of sp³-hybridized carbons (Fsp3) is 0.214. The average molecular weight is 337 g/mol. The monoisotopic (exact) mass is 336 g/mol. The lowest BCUT2D eigenvalue weighted by atomic mass is 10.2. The van der Waals surface area contributed by atoms with Crippen LogP contribution in [-0.2, 0) is 6.42 Å². The first-order valence-corrected chi connectivity index (χ1v) is 7.66. The number of aromatic nitrogens is 1. The van der Waals surface area contributed by atoms with Crippen molar-refractivity contribution >= 4 is 42.6 Å². The van der Waals surface area contributed by atoms with Gasteiger partial charge in [0.2, 0.25) is 0 Å². The van der Waals surface area contributed by atoms with Gasteiger partial charge in [-0.25, -0.2) is 4.98 Å². The number of fused-ring (bicyclic) bond motifs is 1. The Bertz CT molecular complexity index is 678. The summed E-state index contributed by atoms with van der Waals surface area (Å²) in [7, 11) is 0. The molecule has 0 fully saturated rings. The molecule has 0 bridgehead atoms. The predicted octanol–water partition coefficient (Wildman–Crippen LogP) is 4.69. The van der Waals surface area contributed by atoms with E-state index in [0.717, 1.165) is 27.3 Å². The summed E-state index contributed by atoms with van der Waals surface area (Å²) in [4.78, 5) is 4.58. The molecule has 2 aromatic heterocycles. The van der Waals surface area contributed by atoms with E-state index < -0.39 is 0 Å². The minimum Gasteiger partial charge on any atom is -0.469 e. The lowest BCUT2D eigenvalue weighted by molar-refractivity contribution is 0.498. The van der Waals surface area contributed by atoms with Gasteiger partial charge in [0, 0.05) is 16.9 Å². The summed E-state index contributed by atoms with van der Waals surface area (Å²) in [6, 6.07) is 10.3. The first-order valence-electron chi connectivity index (χ1n) is 6.06. The van der Waals surface area contributed by atoms with Crippen molar-refractivity contribution in [3.05, 3.63) is 46.8 Å². The Labute approximate surface area is 123 Å². The third-order valence-electron chi connectivity index (χ3n) is 2.81. The number of thiazole rings is 1. The van der Waals surface area contributed by atoms with Gasteiger partial charge < -0.3 is 9.73 Å². The quantitative estimate of drug-likeness (QED) is 0.750. The summed E-state index contributed by atoms with van der Waals surface area (Å²) in [5.41, 5.74) is 1.03. The number of benzene rings is 1. The normalized spacial score (nSPS) is 12.7. The molecule has 0 saturated heterocycles. The van der Waals surface area contributed by atoms with E-state index in [0.29, 0.717) is 0 Å². The molecule has 0 amide bonds. The molecule has 0 saturated carbocycles. The molecule has 0 aliphatic carbocycles. The molecule has 0 aliphatic heterocycles. The molecule has 0 spiro atoms. The van der Waals surface area contributed by atoms with Crippen LogP contribution in [0.1, 0.15) is 12.7 Å². The number of hydrogen-bond donors (Lipinski definition) is 1. The van der Waals surface area contributed by atoms with Crippen LogP contribution in [0.5, 0.6) is 0 Å². The Balaban J connectivity index is 1.74. The highest BCUT2D eigenvalue weighted by Crippen LogP contribution is 2.29. The molecule has 1 N–H and O–H groups in total. The minimum atomic E-state index is 0.287. The van der Waals surface area contributed by atoms with E-state index in [-0.39, 0.29) is 6.04 Å². The number of nitrogens with zero attached hydrogens (tertiary/aromatic N) is 1. The number of furan rings is 1. The van der Waals surface area contributed by atoms with Crippen LogP contribution in [0.25, 0.3) is 10.2 Å². The van der Waals surface area contributed by atoms with Gasteiger partial charge in [-0.3, -0.25) is 0 Å². The standard InChI is InChI=1S/C14H13BrN2OS/c1-9(7-11-3-2-6-18-11)16-14-17-12-5-4-10(15)8-13(12)19-14/h2-6,8-9H,7H2,1H3,(H,16,17). The summed E-state index contributed by atoms with van der Waals surface area (Å²) in [5.74, 6) is 0.990. The zero-order chi connectivity index (χ0) is 13.2. The Morgan fingerprint density at radius 3 is 3.11 bits per heavy atom. The Morgan fingerprint density at radius 1 is 1.42 bits per heavy atom. The van der Waals surface area contributed by atoms with Crippen molar-refractivity contribution in [2.24, 2.45) is 0 Å².